The molecule has 0 aliphatic heterocycles. The van der Waals surface area contributed by atoms with Gasteiger partial charge in [-0.15, -0.1) is 0 Å². The maximum absolute atomic E-state index is 13.9. The summed E-state index contributed by atoms with van der Waals surface area (Å²) in [6, 6.07) is 4.71. The van der Waals surface area contributed by atoms with Crippen molar-refractivity contribution in [2.45, 2.75) is 19.9 Å². The first-order chi connectivity index (χ1) is 9.93. The van der Waals surface area contributed by atoms with Crippen LogP contribution in [0.5, 0.6) is 0 Å². The molecular weight excluding hydrogens is 282 g/mol. The van der Waals surface area contributed by atoms with Gasteiger partial charge in [0.2, 0.25) is 0 Å². The van der Waals surface area contributed by atoms with Crippen LogP contribution in [0.4, 0.5) is 17.6 Å². The van der Waals surface area contributed by atoms with Crippen LogP contribution < -0.4 is 5.32 Å². The number of benzene rings is 2. The van der Waals surface area contributed by atoms with E-state index in [0.717, 1.165) is 6.07 Å². The lowest BCUT2D eigenvalue weighted by molar-refractivity contribution is 0.546. The fraction of sp³-hybridized carbons (Fsp3) is 0.250. The number of rotatable bonds is 4. The average Bonchev–Trinajstić information content (AvgIpc) is 2.37. The molecular formula is C16H15F4N. The fourth-order valence-corrected chi connectivity index (χ4v) is 2.34. The van der Waals surface area contributed by atoms with E-state index in [2.05, 4.69) is 5.32 Å². The van der Waals surface area contributed by atoms with Gasteiger partial charge >= 0.3 is 0 Å². The van der Waals surface area contributed by atoms with Gasteiger partial charge in [-0.25, -0.2) is 17.6 Å². The topological polar surface area (TPSA) is 12.0 Å². The molecule has 2 aromatic rings. The Labute approximate surface area is 120 Å². The Hall–Kier alpha value is -1.88. The first-order valence-corrected chi connectivity index (χ1v) is 6.61. The molecule has 2 aromatic carbocycles. The molecule has 0 bridgehead atoms. The Morgan fingerprint density at radius 3 is 2.14 bits per heavy atom. The van der Waals surface area contributed by atoms with Crippen LogP contribution in [0, 0.1) is 23.3 Å². The Kier molecular flexibility index (Phi) is 4.63. The van der Waals surface area contributed by atoms with Crippen molar-refractivity contribution in [2.75, 3.05) is 6.54 Å². The van der Waals surface area contributed by atoms with Crippen LogP contribution >= 0.6 is 0 Å². The summed E-state index contributed by atoms with van der Waals surface area (Å²) < 4.78 is 54.4. The third-order valence-electron chi connectivity index (χ3n) is 3.27. The molecule has 112 valence electrons. The van der Waals surface area contributed by atoms with Crippen molar-refractivity contribution in [3.05, 3.63) is 59.2 Å². The van der Waals surface area contributed by atoms with Gasteiger partial charge in [0, 0.05) is 18.2 Å². The molecule has 0 aliphatic rings. The molecule has 0 radical (unpaired) electrons. The average molecular weight is 297 g/mol. The third kappa shape index (κ3) is 3.24. The van der Waals surface area contributed by atoms with Crippen LogP contribution in [0.3, 0.4) is 0 Å². The lowest BCUT2D eigenvalue weighted by Gasteiger charge is -2.18. The Bertz CT molecular complexity index is 632. The summed E-state index contributed by atoms with van der Waals surface area (Å²) in [5.74, 6) is -3.72. The van der Waals surface area contributed by atoms with E-state index in [1.165, 1.54) is 12.1 Å². The van der Waals surface area contributed by atoms with E-state index in [9.17, 15) is 17.6 Å². The lowest BCUT2D eigenvalue weighted by atomic mass is 9.94. The zero-order valence-electron chi connectivity index (χ0n) is 11.7. The van der Waals surface area contributed by atoms with Gasteiger partial charge in [0.1, 0.15) is 23.3 Å². The highest BCUT2D eigenvalue weighted by molar-refractivity contribution is 5.69. The molecule has 2 rings (SSSR count). The number of hydrogen-bond acceptors (Lipinski definition) is 1. The molecule has 1 N–H and O–H groups in total. The molecule has 1 nitrogen and oxygen atoms in total. The van der Waals surface area contributed by atoms with Gasteiger partial charge in [-0.1, -0.05) is 13.0 Å². The molecule has 0 amide bonds. The smallest absolute Gasteiger partial charge is 0.136 e. The predicted octanol–water partition coefficient (Wildman–Crippen LogP) is 4.58. The molecule has 1 atom stereocenters. The van der Waals surface area contributed by atoms with E-state index in [1.807, 2.05) is 6.92 Å². The molecule has 1 unspecified atom stereocenters. The highest BCUT2D eigenvalue weighted by Gasteiger charge is 2.19. The second-order valence-corrected chi connectivity index (χ2v) is 4.76. The van der Waals surface area contributed by atoms with Crippen LogP contribution in [0.2, 0.25) is 0 Å². The SMILES string of the molecule is CCNC(C)c1ccc(F)cc1-c1c(F)cc(F)cc1F. The Morgan fingerprint density at radius 2 is 1.57 bits per heavy atom. The molecule has 0 fully saturated rings. The first kappa shape index (κ1) is 15.5. The highest BCUT2D eigenvalue weighted by atomic mass is 19.1. The summed E-state index contributed by atoms with van der Waals surface area (Å²) in [5.41, 5.74) is 0.205. The fourth-order valence-electron chi connectivity index (χ4n) is 2.34. The Balaban J connectivity index is 2.65. The Morgan fingerprint density at radius 1 is 0.952 bits per heavy atom. The van der Waals surface area contributed by atoms with Gasteiger partial charge in [-0.2, -0.15) is 0 Å². The van der Waals surface area contributed by atoms with E-state index in [1.54, 1.807) is 6.92 Å². The monoisotopic (exact) mass is 297 g/mol. The lowest BCUT2D eigenvalue weighted by Crippen LogP contribution is -2.18. The zero-order chi connectivity index (χ0) is 15.6. The van der Waals surface area contributed by atoms with Gasteiger partial charge in [-0.05, 0) is 36.7 Å². The quantitative estimate of drug-likeness (QED) is 0.814. The van der Waals surface area contributed by atoms with Crippen molar-refractivity contribution in [3.63, 3.8) is 0 Å². The molecule has 5 heteroatoms. The van der Waals surface area contributed by atoms with E-state index < -0.39 is 28.8 Å². The summed E-state index contributed by atoms with van der Waals surface area (Å²) in [7, 11) is 0. The minimum Gasteiger partial charge on any atom is -0.310 e. The van der Waals surface area contributed by atoms with Gasteiger partial charge in [-0.3, -0.25) is 0 Å². The van der Waals surface area contributed by atoms with Crippen molar-refractivity contribution in [1.29, 1.82) is 0 Å². The molecule has 0 saturated carbocycles. The highest BCUT2D eigenvalue weighted by Crippen LogP contribution is 2.33. The number of halogens is 4. The summed E-state index contributed by atoms with van der Waals surface area (Å²) in [6.07, 6.45) is 0. The molecule has 0 spiro atoms. The van der Waals surface area contributed by atoms with Gasteiger partial charge in [0.25, 0.3) is 0 Å². The second kappa shape index (κ2) is 6.26. The minimum atomic E-state index is -1.05. The second-order valence-electron chi connectivity index (χ2n) is 4.76. The number of nitrogens with one attached hydrogen (secondary N) is 1. The predicted molar refractivity (Wildman–Crippen MR) is 73.8 cm³/mol. The van der Waals surface area contributed by atoms with Crippen molar-refractivity contribution in [1.82, 2.24) is 5.32 Å². The van der Waals surface area contributed by atoms with Crippen LogP contribution in [0.25, 0.3) is 11.1 Å². The van der Waals surface area contributed by atoms with Crippen molar-refractivity contribution >= 4 is 0 Å². The van der Waals surface area contributed by atoms with Crippen molar-refractivity contribution < 1.29 is 17.6 Å². The molecule has 0 aromatic heterocycles. The van der Waals surface area contributed by atoms with Crippen LogP contribution in [-0.4, -0.2) is 6.54 Å². The molecule has 0 aliphatic carbocycles. The summed E-state index contributed by atoms with van der Waals surface area (Å²) in [5, 5.41) is 3.10. The van der Waals surface area contributed by atoms with Crippen LogP contribution in [-0.2, 0) is 0 Å². The standard InChI is InChI=1S/C16H15F4N/c1-3-21-9(2)12-5-4-10(17)6-13(12)16-14(19)7-11(18)8-15(16)20/h4-9,21H,3H2,1-2H3. The third-order valence-corrected chi connectivity index (χ3v) is 3.27. The van der Waals surface area contributed by atoms with Crippen molar-refractivity contribution in [3.8, 4) is 11.1 Å². The van der Waals surface area contributed by atoms with E-state index in [4.69, 9.17) is 0 Å². The molecule has 0 heterocycles. The van der Waals surface area contributed by atoms with Crippen LogP contribution in [0.1, 0.15) is 25.5 Å². The van der Waals surface area contributed by atoms with Gasteiger partial charge < -0.3 is 5.32 Å². The van der Waals surface area contributed by atoms with Crippen molar-refractivity contribution in [2.24, 2.45) is 0 Å². The number of hydrogen-bond donors (Lipinski definition) is 1. The first-order valence-electron chi connectivity index (χ1n) is 6.61. The van der Waals surface area contributed by atoms with E-state index in [0.29, 0.717) is 24.2 Å². The van der Waals surface area contributed by atoms with Crippen LogP contribution in [0.15, 0.2) is 30.3 Å². The van der Waals surface area contributed by atoms with E-state index in [-0.39, 0.29) is 11.6 Å². The maximum atomic E-state index is 13.9. The largest absolute Gasteiger partial charge is 0.310 e. The van der Waals surface area contributed by atoms with Gasteiger partial charge in [0.15, 0.2) is 0 Å². The minimum absolute atomic E-state index is 0.0819. The molecule has 21 heavy (non-hydrogen) atoms. The van der Waals surface area contributed by atoms with E-state index >= 15 is 0 Å². The summed E-state index contributed by atoms with van der Waals surface area (Å²) in [6.45, 7) is 4.34. The van der Waals surface area contributed by atoms with Gasteiger partial charge in [0.05, 0.1) is 5.56 Å². The maximum Gasteiger partial charge on any atom is 0.136 e. The molecule has 0 saturated heterocycles. The summed E-state index contributed by atoms with van der Waals surface area (Å²) in [4.78, 5) is 0. The zero-order valence-corrected chi connectivity index (χ0v) is 11.7. The summed E-state index contributed by atoms with van der Waals surface area (Å²) >= 11 is 0. The normalized spacial score (nSPS) is 12.5.